The molecule has 2 amide bonds. The molecule has 21 heavy (non-hydrogen) atoms. The van der Waals surface area contributed by atoms with Gasteiger partial charge in [-0.2, -0.15) is 0 Å². The summed E-state index contributed by atoms with van der Waals surface area (Å²) in [5.74, 6) is 0. The highest BCUT2D eigenvalue weighted by Crippen LogP contribution is 2.13. The molecule has 6 heteroatoms. The third-order valence-corrected chi connectivity index (χ3v) is 3.28. The van der Waals surface area contributed by atoms with E-state index >= 15 is 0 Å². The van der Waals surface area contributed by atoms with Crippen molar-refractivity contribution in [1.82, 2.24) is 19.8 Å². The number of benzene rings is 1. The van der Waals surface area contributed by atoms with Crippen molar-refractivity contribution < 1.29 is 4.79 Å². The van der Waals surface area contributed by atoms with Crippen LogP contribution in [0.5, 0.6) is 0 Å². The van der Waals surface area contributed by atoms with Gasteiger partial charge in [0.2, 0.25) is 0 Å². The van der Waals surface area contributed by atoms with E-state index in [1.165, 1.54) is 0 Å². The first kappa shape index (κ1) is 15.2. The van der Waals surface area contributed by atoms with Gasteiger partial charge in [-0.1, -0.05) is 6.07 Å². The number of aromatic nitrogens is 2. The van der Waals surface area contributed by atoms with E-state index < -0.39 is 0 Å². The highest BCUT2D eigenvalue weighted by Gasteiger charge is 2.13. The molecule has 2 aromatic rings. The average Bonchev–Trinajstić information content (AvgIpc) is 2.60. The van der Waals surface area contributed by atoms with E-state index in [9.17, 15) is 9.59 Å². The molecule has 0 bridgehead atoms. The van der Waals surface area contributed by atoms with Crippen molar-refractivity contribution in [2.75, 3.05) is 0 Å². The highest BCUT2D eigenvalue weighted by atomic mass is 16.2. The Hall–Kier alpha value is -2.24. The fraction of sp³-hybridized carbons (Fsp3) is 0.467. The van der Waals surface area contributed by atoms with Crippen LogP contribution in [0.1, 0.15) is 26.3 Å². The number of amides is 2. The number of aryl methyl sites for hydroxylation is 2. The van der Waals surface area contributed by atoms with Crippen molar-refractivity contribution in [1.29, 1.82) is 0 Å². The number of hydrogen-bond acceptors (Lipinski definition) is 2. The lowest BCUT2D eigenvalue weighted by atomic mass is 10.1. The molecular weight excluding hydrogens is 268 g/mol. The number of nitrogens with one attached hydrogen (secondary N) is 2. The van der Waals surface area contributed by atoms with Crippen molar-refractivity contribution in [2.45, 2.75) is 32.9 Å². The minimum absolute atomic E-state index is 0.0550. The Morgan fingerprint density at radius 2 is 1.76 bits per heavy atom. The van der Waals surface area contributed by atoms with E-state index in [4.69, 9.17) is 0 Å². The number of fused-ring (bicyclic) bond motifs is 1. The van der Waals surface area contributed by atoms with Crippen molar-refractivity contribution >= 4 is 17.1 Å². The third kappa shape index (κ3) is 3.26. The number of imidazole rings is 1. The Kier molecular flexibility index (Phi) is 3.80. The molecule has 1 aromatic heterocycles. The van der Waals surface area contributed by atoms with Gasteiger partial charge in [0.25, 0.3) is 0 Å². The number of rotatable bonds is 2. The van der Waals surface area contributed by atoms with Gasteiger partial charge in [0.1, 0.15) is 0 Å². The number of urea groups is 1. The van der Waals surface area contributed by atoms with Gasteiger partial charge in [-0.15, -0.1) is 0 Å². The summed E-state index contributed by atoms with van der Waals surface area (Å²) in [7, 11) is 3.49. The molecule has 0 saturated heterocycles. The molecule has 1 aromatic carbocycles. The lowest BCUT2D eigenvalue weighted by Crippen LogP contribution is -2.46. The van der Waals surface area contributed by atoms with Crippen LogP contribution < -0.4 is 16.3 Å². The van der Waals surface area contributed by atoms with Crippen LogP contribution in [0.2, 0.25) is 0 Å². The monoisotopic (exact) mass is 290 g/mol. The fourth-order valence-corrected chi connectivity index (χ4v) is 2.23. The Morgan fingerprint density at radius 1 is 1.14 bits per heavy atom. The molecule has 0 aliphatic carbocycles. The van der Waals surface area contributed by atoms with Crippen molar-refractivity contribution in [3.8, 4) is 0 Å². The molecule has 0 radical (unpaired) electrons. The van der Waals surface area contributed by atoms with Gasteiger partial charge in [0, 0.05) is 26.2 Å². The molecule has 0 unspecified atom stereocenters. The van der Waals surface area contributed by atoms with E-state index in [0.717, 1.165) is 16.6 Å². The standard InChI is InChI=1S/C15H22N4O2/c1-15(2,3)17-13(20)16-9-10-6-7-11-12(8-10)19(5)14(21)18(11)4/h6-8H,9H2,1-5H3,(H2,16,17,20). The zero-order valence-electron chi connectivity index (χ0n) is 13.2. The Morgan fingerprint density at radius 3 is 2.38 bits per heavy atom. The lowest BCUT2D eigenvalue weighted by Gasteiger charge is -2.20. The summed E-state index contributed by atoms with van der Waals surface area (Å²) >= 11 is 0. The fourth-order valence-electron chi connectivity index (χ4n) is 2.23. The van der Waals surface area contributed by atoms with E-state index in [2.05, 4.69) is 10.6 Å². The van der Waals surface area contributed by atoms with Gasteiger partial charge < -0.3 is 10.6 Å². The van der Waals surface area contributed by atoms with Crippen LogP contribution >= 0.6 is 0 Å². The summed E-state index contributed by atoms with van der Waals surface area (Å²) < 4.78 is 3.22. The number of hydrogen-bond donors (Lipinski definition) is 2. The summed E-state index contributed by atoms with van der Waals surface area (Å²) in [6, 6.07) is 5.53. The predicted molar refractivity (Wildman–Crippen MR) is 83.3 cm³/mol. The SMILES string of the molecule is Cn1c(=O)n(C)c2cc(CNC(=O)NC(C)(C)C)ccc21. The van der Waals surface area contributed by atoms with E-state index in [1.54, 1.807) is 23.2 Å². The largest absolute Gasteiger partial charge is 0.334 e. The molecule has 6 nitrogen and oxygen atoms in total. The minimum atomic E-state index is -0.267. The molecule has 0 spiro atoms. The molecule has 0 atom stereocenters. The molecule has 2 N–H and O–H groups in total. The van der Waals surface area contributed by atoms with Crippen molar-refractivity contribution in [3.05, 3.63) is 34.2 Å². The van der Waals surface area contributed by atoms with Crippen LogP contribution in [0.3, 0.4) is 0 Å². The highest BCUT2D eigenvalue weighted by molar-refractivity contribution is 5.77. The van der Waals surface area contributed by atoms with E-state index in [-0.39, 0.29) is 17.3 Å². The first-order valence-corrected chi connectivity index (χ1v) is 6.89. The van der Waals surface area contributed by atoms with Gasteiger partial charge in [-0.3, -0.25) is 9.13 Å². The number of carbonyl (C=O) groups excluding carboxylic acids is 1. The maximum Gasteiger partial charge on any atom is 0.328 e. The first-order chi connectivity index (χ1) is 9.69. The third-order valence-electron chi connectivity index (χ3n) is 3.28. The summed E-state index contributed by atoms with van der Waals surface area (Å²) in [6.07, 6.45) is 0. The summed E-state index contributed by atoms with van der Waals surface area (Å²) in [4.78, 5) is 23.6. The molecule has 1 heterocycles. The molecular formula is C15H22N4O2. The molecule has 2 rings (SSSR count). The van der Waals surface area contributed by atoms with Crippen LogP contribution in [0.15, 0.2) is 23.0 Å². The number of nitrogens with zero attached hydrogens (tertiary/aromatic N) is 2. The van der Waals surface area contributed by atoms with Crippen LogP contribution in [0.25, 0.3) is 11.0 Å². The minimum Gasteiger partial charge on any atom is -0.334 e. The second-order valence-corrected chi connectivity index (χ2v) is 6.28. The quantitative estimate of drug-likeness (QED) is 0.879. The average molecular weight is 290 g/mol. The second-order valence-electron chi connectivity index (χ2n) is 6.28. The van der Waals surface area contributed by atoms with Gasteiger partial charge in [-0.05, 0) is 38.5 Å². The topological polar surface area (TPSA) is 68.1 Å². The first-order valence-electron chi connectivity index (χ1n) is 6.89. The van der Waals surface area contributed by atoms with Crippen molar-refractivity contribution in [2.24, 2.45) is 14.1 Å². The lowest BCUT2D eigenvalue weighted by molar-refractivity contribution is 0.231. The van der Waals surface area contributed by atoms with Crippen LogP contribution in [0.4, 0.5) is 4.79 Å². The van der Waals surface area contributed by atoms with E-state index in [1.807, 2.05) is 39.0 Å². The zero-order valence-corrected chi connectivity index (χ0v) is 13.2. The maximum atomic E-state index is 11.9. The summed E-state index contributed by atoms with van der Waals surface area (Å²) in [6.45, 7) is 6.20. The molecule has 114 valence electrons. The van der Waals surface area contributed by atoms with Crippen LogP contribution in [-0.2, 0) is 20.6 Å². The molecule has 0 fully saturated rings. The summed E-state index contributed by atoms with van der Waals surface area (Å²) in [5, 5.41) is 5.66. The van der Waals surface area contributed by atoms with Gasteiger partial charge in [0.15, 0.2) is 0 Å². The predicted octanol–water partition coefficient (Wildman–Crippen LogP) is 1.47. The maximum absolute atomic E-state index is 11.9. The molecule has 0 aliphatic rings. The normalized spacial score (nSPS) is 11.7. The Balaban J connectivity index is 2.15. The molecule has 0 aliphatic heterocycles. The van der Waals surface area contributed by atoms with Gasteiger partial charge >= 0.3 is 11.7 Å². The van der Waals surface area contributed by atoms with Crippen molar-refractivity contribution in [3.63, 3.8) is 0 Å². The zero-order chi connectivity index (χ0) is 15.8. The van der Waals surface area contributed by atoms with E-state index in [0.29, 0.717) is 6.54 Å². The molecule has 0 saturated carbocycles. The Labute approximate surface area is 123 Å². The van der Waals surface area contributed by atoms with Crippen LogP contribution in [-0.4, -0.2) is 20.7 Å². The Bertz CT molecular complexity index is 734. The second kappa shape index (κ2) is 5.27. The van der Waals surface area contributed by atoms with Crippen LogP contribution in [0, 0.1) is 0 Å². The summed E-state index contributed by atoms with van der Waals surface area (Å²) in [5.41, 5.74) is 2.37. The van der Waals surface area contributed by atoms with Gasteiger partial charge in [-0.25, -0.2) is 9.59 Å². The number of carbonyl (C=O) groups is 1. The smallest absolute Gasteiger partial charge is 0.328 e. The van der Waals surface area contributed by atoms with Gasteiger partial charge in [0.05, 0.1) is 11.0 Å².